The third-order valence-electron chi connectivity index (χ3n) is 3.28. The van der Waals surface area contributed by atoms with Crippen molar-refractivity contribution in [1.82, 2.24) is 15.5 Å². The fraction of sp³-hybridized carbons (Fsp3) is 0.667. The zero-order valence-corrected chi connectivity index (χ0v) is 12.5. The van der Waals surface area contributed by atoms with E-state index in [2.05, 4.69) is 15.6 Å². The number of nitrogens with one attached hydrogen (secondary N) is 2. The topological polar surface area (TPSA) is 169 Å². The number of rotatable bonds is 6. The average Bonchev–Trinajstić information content (AvgIpc) is 2.43. The molecule has 1 rings (SSSR count). The molecule has 22 heavy (non-hydrogen) atoms. The minimum absolute atomic E-state index is 0.0192. The molecule has 10 nitrogen and oxygen atoms in total. The Hall–Kier alpha value is -2.20. The summed E-state index contributed by atoms with van der Waals surface area (Å²) in [6.07, 6.45) is 1.53. The van der Waals surface area contributed by atoms with E-state index in [-0.39, 0.29) is 30.9 Å². The average molecular weight is 313 g/mol. The highest BCUT2D eigenvalue weighted by atomic mass is 16.2. The van der Waals surface area contributed by atoms with E-state index in [0.717, 1.165) is 6.42 Å². The molecule has 1 aliphatic heterocycles. The minimum Gasteiger partial charge on any atom is -0.351 e. The van der Waals surface area contributed by atoms with Gasteiger partial charge in [-0.1, -0.05) is 0 Å². The van der Waals surface area contributed by atoms with Crippen molar-refractivity contribution >= 4 is 23.8 Å². The summed E-state index contributed by atoms with van der Waals surface area (Å²) in [5.74, 6) is -0.703. The normalized spacial score (nSPS) is 19.0. The molecule has 4 amide bonds. The van der Waals surface area contributed by atoms with Gasteiger partial charge in [-0.05, 0) is 19.4 Å². The van der Waals surface area contributed by atoms with Gasteiger partial charge in [0.1, 0.15) is 6.04 Å². The van der Waals surface area contributed by atoms with Gasteiger partial charge in [0.25, 0.3) is 5.91 Å². The number of aliphatic imine (C=N–C) groups is 1. The predicted octanol–water partition coefficient (Wildman–Crippen LogP) is -2.58. The number of carbonyl (C=O) groups excluding carboxylic acids is 3. The van der Waals surface area contributed by atoms with Crippen LogP contribution < -0.4 is 27.8 Å². The number of urea groups is 1. The van der Waals surface area contributed by atoms with Crippen LogP contribution in [-0.4, -0.2) is 60.9 Å². The van der Waals surface area contributed by atoms with E-state index in [1.165, 1.54) is 11.9 Å². The number of nitrogens with zero attached hydrogens (tertiary/aromatic N) is 2. The van der Waals surface area contributed by atoms with Crippen LogP contribution in [0, 0.1) is 0 Å². The summed E-state index contributed by atoms with van der Waals surface area (Å²) in [6.45, 7) is 0.564. The number of hydrogen-bond donors (Lipinski definition) is 5. The van der Waals surface area contributed by atoms with Crippen molar-refractivity contribution < 1.29 is 14.4 Å². The molecule has 1 aliphatic rings. The molecule has 0 aromatic rings. The van der Waals surface area contributed by atoms with E-state index in [1.807, 2.05) is 0 Å². The van der Waals surface area contributed by atoms with E-state index in [9.17, 15) is 14.4 Å². The zero-order chi connectivity index (χ0) is 16.7. The molecule has 8 N–H and O–H groups in total. The summed E-state index contributed by atoms with van der Waals surface area (Å²) >= 11 is 0. The van der Waals surface area contributed by atoms with Crippen molar-refractivity contribution in [3.8, 4) is 0 Å². The van der Waals surface area contributed by atoms with Gasteiger partial charge < -0.3 is 22.1 Å². The molecular formula is C12H23N7O3. The summed E-state index contributed by atoms with van der Waals surface area (Å²) in [5, 5.41) is 4.56. The van der Waals surface area contributed by atoms with Crippen LogP contribution >= 0.6 is 0 Å². The predicted molar refractivity (Wildman–Crippen MR) is 80.6 cm³/mol. The lowest BCUT2D eigenvalue weighted by Gasteiger charge is -2.30. The van der Waals surface area contributed by atoms with E-state index >= 15 is 0 Å². The van der Waals surface area contributed by atoms with Crippen molar-refractivity contribution in [3.05, 3.63) is 0 Å². The molecule has 124 valence electrons. The lowest BCUT2D eigenvalue weighted by Crippen LogP contribution is -2.58. The molecule has 10 heteroatoms. The van der Waals surface area contributed by atoms with Crippen LogP contribution in [-0.2, 0) is 9.59 Å². The molecule has 0 fully saturated rings. The second kappa shape index (κ2) is 8.29. The number of carbonyl (C=O) groups is 3. The first-order valence-corrected chi connectivity index (χ1v) is 6.98. The van der Waals surface area contributed by atoms with Crippen LogP contribution in [0.5, 0.6) is 0 Å². The summed E-state index contributed by atoms with van der Waals surface area (Å²) in [4.78, 5) is 40.1. The molecule has 0 bridgehead atoms. The number of likely N-dealkylation sites (N-methyl/N-ethyl adjacent to an activating group) is 1. The van der Waals surface area contributed by atoms with Gasteiger partial charge >= 0.3 is 6.03 Å². The first kappa shape index (κ1) is 17.9. The van der Waals surface area contributed by atoms with Crippen LogP contribution in [0.15, 0.2) is 4.99 Å². The molecule has 0 saturated carbocycles. The monoisotopic (exact) mass is 313 g/mol. The fourth-order valence-corrected chi connectivity index (χ4v) is 2.01. The molecule has 0 saturated heterocycles. The van der Waals surface area contributed by atoms with Crippen molar-refractivity contribution in [2.75, 3.05) is 20.1 Å². The largest absolute Gasteiger partial charge is 0.351 e. The highest BCUT2D eigenvalue weighted by molar-refractivity contribution is 6.07. The van der Waals surface area contributed by atoms with Crippen molar-refractivity contribution in [1.29, 1.82) is 0 Å². The summed E-state index contributed by atoms with van der Waals surface area (Å²) in [5.41, 5.74) is 16.2. The summed E-state index contributed by atoms with van der Waals surface area (Å²) in [6, 6.07) is -1.86. The molecule has 0 spiro atoms. The van der Waals surface area contributed by atoms with Crippen LogP contribution in [0.3, 0.4) is 0 Å². The number of guanidine groups is 1. The molecule has 0 radical (unpaired) electrons. The first-order valence-electron chi connectivity index (χ1n) is 6.98. The molecule has 0 aromatic carbocycles. The SMILES string of the molecule is CN(C(=O)C[C@H](N)CCCN)[C@H]1CN=C(NC(N)=O)NC1=O. The molecule has 0 unspecified atom stereocenters. The Morgan fingerprint density at radius 2 is 2.23 bits per heavy atom. The number of hydrogen-bond acceptors (Lipinski definition) is 6. The highest BCUT2D eigenvalue weighted by Gasteiger charge is 2.31. The highest BCUT2D eigenvalue weighted by Crippen LogP contribution is 2.07. The van der Waals surface area contributed by atoms with Crippen LogP contribution in [0.4, 0.5) is 4.79 Å². The first-order chi connectivity index (χ1) is 10.3. The Morgan fingerprint density at radius 3 is 2.77 bits per heavy atom. The van der Waals surface area contributed by atoms with Crippen LogP contribution in [0.1, 0.15) is 19.3 Å². The van der Waals surface area contributed by atoms with Crippen molar-refractivity contribution in [3.63, 3.8) is 0 Å². The van der Waals surface area contributed by atoms with E-state index in [1.54, 1.807) is 0 Å². The molecule has 2 atom stereocenters. The minimum atomic E-state index is -0.826. The van der Waals surface area contributed by atoms with Gasteiger partial charge in [0.15, 0.2) is 0 Å². The maximum absolute atomic E-state index is 12.1. The van der Waals surface area contributed by atoms with Crippen LogP contribution in [0.2, 0.25) is 0 Å². The number of primary amides is 1. The van der Waals surface area contributed by atoms with Gasteiger partial charge in [-0.25, -0.2) is 9.79 Å². The van der Waals surface area contributed by atoms with E-state index in [4.69, 9.17) is 17.2 Å². The Morgan fingerprint density at radius 1 is 1.55 bits per heavy atom. The Balaban J connectivity index is 2.56. The van der Waals surface area contributed by atoms with Crippen molar-refractivity contribution in [2.24, 2.45) is 22.2 Å². The zero-order valence-electron chi connectivity index (χ0n) is 12.5. The van der Waals surface area contributed by atoms with E-state index in [0.29, 0.717) is 13.0 Å². The van der Waals surface area contributed by atoms with Gasteiger partial charge in [-0.2, -0.15) is 0 Å². The lowest BCUT2D eigenvalue weighted by molar-refractivity contribution is -0.138. The van der Waals surface area contributed by atoms with Gasteiger partial charge in [-0.3, -0.25) is 20.2 Å². The Kier molecular flexibility index (Phi) is 6.73. The number of amides is 4. The third-order valence-corrected chi connectivity index (χ3v) is 3.28. The second-order valence-corrected chi connectivity index (χ2v) is 5.08. The molecule has 0 aliphatic carbocycles. The summed E-state index contributed by atoms with van der Waals surface area (Å²) < 4.78 is 0. The molecular weight excluding hydrogens is 290 g/mol. The lowest BCUT2D eigenvalue weighted by atomic mass is 10.1. The van der Waals surface area contributed by atoms with Gasteiger partial charge in [-0.15, -0.1) is 0 Å². The Labute approximate surface area is 128 Å². The quantitative estimate of drug-likeness (QED) is 0.362. The maximum atomic E-state index is 12.1. The van der Waals surface area contributed by atoms with E-state index < -0.39 is 18.0 Å². The maximum Gasteiger partial charge on any atom is 0.318 e. The van der Waals surface area contributed by atoms with Gasteiger partial charge in [0.2, 0.25) is 11.9 Å². The standard InChI is InChI=1S/C12H23N7O3/c1-19(9(20)5-7(14)3-2-4-13)8-6-16-12(17-10(8)21)18-11(15)22/h7-8H,2-6,13-14H2,1H3,(H4,15,16,17,18,21,22)/t7-,8+/m1/s1. The Bertz CT molecular complexity index is 466. The van der Waals surface area contributed by atoms with Gasteiger partial charge in [0.05, 0.1) is 6.54 Å². The fourth-order valence-electron chi connectivity index (χ4n) is 2.01. The molecule has 0 aromatic heterocycles. The third kappa shape index (κ3) is 5.30. The number of nitrogens with two attached hydrogens (primary N) is 3. The van der Waals surface area contributed by atoms with Crippen molar-refractivity contribution in [2.45, 2.75) is 31.3 Å². The molecule has 1 heterocycles. The van der Waals surface area contributed by atoms with Crippen LogP contribution in [0.25, 0.3) is 0 Å². The summed E-state index contributed by atoms with van der Waals surface area (Å²) in [7, 11) is 1.52. The smallest absolute Gasteiger partial charge is 0.318 e. The second-order valence-electron chi connectivity index (χ2n) is 5.08. The van der Waals surface area contributed by atoms with Gasteiger partial charge in [0, 0.05) is 19.5 Å².